The van der Waals surface area contributed by atoms with Crippen molar-refractivity contribution >= 4 is 0 Å². The quantitative estimate of drug-likeness (QED) is 0.550. The summed E-state index contributed by atoms with van der Waals surface area (Å²) >= 11 is 0. The van der Waals surface area contributed by atoms with Crippen LogP contribution in [0.3, 0.4) is 0 Å². The van der Waals surface area contributed by atoms with E-state index < -0.39 is 5.79 Å². The Hall–Kier alpha value is -0.160. The molecule has 4 heteroatoms. The molecule has 0 aromatic carbocycles. The Kier molecular flexibility index (Phi) is 9.08. The van der Waals surface area contributed by atoms with E-state index in [9.17, 15) is 0 Å². The van der Waals surface area contributed by atoms with Gasteiger partial charge in [0, 0.05) is 0 Å². The fourth-order valence-electron chi connectivity index (χ4n) is 4.71. The molecule has 0 aromatic rings. The van der Waals surface area contributed by atoms with Crippen LogP contribution >= 0.6 is 0 Å². The Morgan fingerprint density at radius 1 is 0.607 bits per heavy atom. The van der Waals surface area contributed by atoms with Crippen LogP contribution in [0.5, 0.6) is 0 Å². The third-order valence-corrected chi connectivity index (χ3v) is 6.81. The summed E-state index contributed by atoms with van der Waals surface area (Å²) < 4.78 is 25.1. The first kappa shape index (κ1) is 22.5. The van der Waals surface area contributed by atoms with Crippen LogP contribution in [0.15, 0.2) is 0 Å². The first-order valence-electron chi connectivity index (χ1n) is 12.1. The largest absolute Gasteiger partial charge is 0.377 e. The molecule has 0 bridgehead atoms. The Balaban J connectivity index is 1.53. The fourth-order valence-corrected chi connectivity index (χ4v) is 4.71. The Morgan fingerprint density at radius 2 is 0.964 bits per heavy atom. The normalized spacial score (nSPS) is 28.1. The van der Waals surface area contributed by atoms with Crippen molar-refractivity contribution in [3.63, 3.8) is 0 Å². The predicted molar refractivity (Wildman–Crippen MR) is 113 cm³/mol. The minimum atomic E-state index is -0.496. The summed E-state index contributed by atoms with van der Waals surface area (Å²) in [5.41, 5.74) is -0.166. The summed E-state index contributed by atoms with van der Waals surface area (Å²) in [6.07, 6.45) is 19.0. The molecule has 3 fully saturated rings. The lowest BCUT2D eigenvalue weighted by Crippen LogP contribution is -2.52. The molecule has 3 rings (SSSR count). The topological polar surface area (TPSA) is 36.9 Å². The first-order chi connectivity index (χ1) is 13.6. The van der Waals surface area contributed by atoms with Crippen molar-refractivity contribution in [2.75, 3.05) is 26.4 Å². The molecule has 1 saturated heterocycles. The summed E-state index contributed by atoms with van der Waals surface area (Å²) in [7, 11) is 0. The van der Waals surface area contributed by atoms with Crippen LogP contribution < -0.4 is 0 Å². The van der Waals surface area contributed by atoms with Gasteiger partial charge in [0.2, 0.25) is 0 Å². The molecule has 0 aromatic heterocycles. The standard InChI is InChI=1S/C24H44O4/c1-23(2)27-19-24(20-28-23,17-25-21-13-9-5-3-6-10-14-21)18-26-22-15-11-7-4-8-12-16-22/h21-22H,3-20H2,1-2H3. The minimum absolute atomic E-state index is 0.166. The number of rotatable bonds is 6. The molecule has 3 aliphatic rings. The van der Waals surface area contributed by atoms with Gasteiger partial charge in [-0.25, -0.2) is 0 Å². The Morgan fingerprint density at radius 3 is 1.36 bits per heavy atom. The van der Waals surface area contributed by atoms with Crippen LogP contribution in [0.1, 0.15) is 104 Å². The van der Waals surface area contributed by atoms with E-state index in [-0.39, 0.29) is 5.41 Å². The zero-order valence-corrected chi connectivity index (χ0v) is 18.5. The fraction of sp³-hybridized carbons (Fsp3) is 1.00. The van der Waals surface area contributed by atoms with Crippen LogP contribution in [-0.4, -0.2) is 44.4 Å². The highest BCUT2D eigenvalue weighted by molar-refractivity contribution is 4.85. The van der Waals surface area contributed by atoms with E-state index in [1.807, 2.05) is 13.8 Å². The van der Waals surface area contributed by atoms with Gasteiger partial charge in [0.05, 0.1) is 44.1 Å². The molecule has 4 nitrogen and oxygen atoms in total. The van der Waals surface area contributed by atoms with Crippen molar-refractivity contribution in [1.82, 2.24) is 0 Å². The first-order valence-corrected chi connectivity index (χ1v) is 12.1. The highest BCUT2D eigenvalue weighted by Gasteiger charge is 2.41. The molecular formula is C24H44O4. The van der Waals surface area contributed by atoms with E-state index in [1.54, 1.807) is 0 Å². The van der Waals surface area contributed by atoms with Gasteiger partial charge in [-0.3, -0.25) is 0 Å². The molecule has 0 N–H and O–H groups in total. The number of ether oxygens (including phenoxy) is 4. The average molecular weight is 397 g/mol. The molecule has 0 radical (unpaired) electrons. The second-order valence-corrected chi connectivity index (χ2v) is 10.0. The van der Waals surface area contributed by atoms with Gasteiger partial charge in [-0.05, 0) is 39.5 Å². The molecule has 0 unspecified atom stereocenters. The van der Waals surface area contributed by atoms with Gasteiger partial charge in [0.1, 0.15) is 0 Å². The van der Waals surface area contributed by atoms with E-state index in [0.29, 0.717) is 38.6 Å². The summed E-state index contributed by atoms with van der Waals surface area (Å²) in [5, 5.41) is 0. The van der Waals surface area contributed by atoms with Crippen molar-refractivity contribution in [1.29, 1.82) is 0 Å². The van der Waals surface area contributed by atoms with Crippen LogP contribution in [0.2, 0.25) is 0 Å². The lowest BCUT2D eigenvalue weighted by Gasteiger charge is -2.44. The van der Waals surface area contributed by atoms with E-state index in [2.05, 4.69) is 0 Å². The van der Waals surface area contributed by atoms with E-state index >= 15 is 0 Å². The maximum Gasteiger partial charge on any atom is 0.162 e. The van der Waals surface area contributed by atoms with Gasteiger partial charge in [0.15, 0.2) is 5.79 Å². The maximum atomic E-state index is 6.47. The third-order valence-electron chi connectivity index (χ3n) is 6.81. The van der Waals surface area contributed by atoms with E-state index in [4.69, 9.17) is 18.9 Å². The lowest BCUT2D eigenvalue weighted by atomic mass is 9.90. The van der Waals surface area contributed by atoms with Gasteiger partial charge in [-0.1, -0.05) is 64.2 Å². The molecule has 1 aliphatic heterocycles. The van der Waals surface area contributed by atoms with Crippen molar-refractivity contribution in [3.8, 4) is 0 Å². The molecular weight excluding hydrogens is 352 g/mol. The van der Waals surface area contributed by atoms with E-state index in [1.165, 1.54) is 89.9 Å². The monoisotopic (exact) mass is 396 g/mol. The van der Waals surface area contributed by atoms with E-state index in [0.717, 1.165) is 0 Å². The van der Waals surface area contributed by atoms with Gasteiger partial charge in [-0.15, -0.1) is 0 Å². The van der Waals surface area contributed by atoms with Gasteiger partial charge in [0.25, 0.3) is 0 Å². The Bertz CT molecular complexity index is 382. The highest BCUT2D eigenvalue weighted by atomic mass is 16.7. The highest BCUT2D eigenvalue weighted by Crippen LogP contribution is 2.33. The molecule has 0 atom stereocenters. The number of hydrogen-bond acceptors (Lipinski definition) is 4. The van der Waals surface area contributed by atoms with Crippen molar-refractivity contribution in [3.05, 3.63) is 0 Å². The molecule has 2 saturated carbocycles. The van der Waals surface area contributed by atoms with Crippen molar-refractivity contribution in [2.45, 2.75) is 122 Å². The molecule has 1 heterocycles. The SMILES string of the molecule is CC1(C)OCC(COC2CCCCCCC2)(COC2CCCCCCC2)CO1. The summed E-state index contributed by atoms with van der Waals surface area (Å²) in [6, 6.07) is 0. The molecule has 164 valence electrons. The van der Waals surface area contributed by atoms with Crippen molar-refractivity contribution < 1.29 is 18.9 Å². The minimum Gasteiger partial charge on any atom is -0.377 e. The van der Waals surface area contributed by atoms with Crippen LogP contribution in [0.25, 0.3) is 0 Å². The maximum absolute atomic E-state index is 6.47. The second-order valence-electron chi connectivity index (χ2n) is 10.0. The zero-order valence-electron chi connectivity index (χ0n) is 18.5. The van der Waals surface area contributed by atoms with Crippen LogP contribution in [-0.2, 0) is 18.9 Å². The van der Waals surface area contributed by atoms with Gasteiger partial charge < -0.3 is 18.9 Å². The summed E-state index contributed by atoms with van der Waals surface area (Å²) in [5.74, 6) is -0.496. The van der Waals surface area contributed by atoms with Crippen molar-refractivity contribution in [2.24, 2.45) is 5.41 Å². The van der Waals surface area contributed by atoms with Crippen LogP contribution in [0, 0.1) is 5.41 Å². The molecule has 0 amide bonds. The lowest BCUT2D eigenvalue weighted by molar-refractivity contribution is -0.302. The Labute approximate surface area is 173 Å². The summed E-state index contributed by atoms with van der Waals surface area (Å²) in [6.45, 7) is 6.73. The second kappa shape index (κ2) is 11.3. The summed E-state index contributed by atoms with van der Waals surface area (Å²) in [4.78, 5) is 0. The number of hydrogen-bond donors (Lipinski definition) is 0. The zero-order chi connectivity index (χ0) is 19.7. The third kappa shape index (κ3) is 7.59. The smallest absolute Gasteiger partial charge is 0.162 e. The predicted octanol–water partition coefficient (Wildman–Crippen LogP) is 6.01. The van der Waals surface area contributed by atoms with Gasteiger partial charge in [-0.2, -0.15) is 0 Å². The average Bonchev–Trinajstić information content (AvgIpc) is 2.62. The molecule has 28 heavy (non-hydrogen) atoms. The molecule has 0 spiro atoms. The van der Waals surface area contributed by atoms with Crippen LogP contribution in [0.4, 0.5) is 0 Å². The van der Waals surface area contributed by atoms with Gasteiger partial charge >= 0.3 is 0 Å². The molecule has 2 aliphatic carbocycles.